The van der Waals surface area contributed by atoms with Gasteiger partial charge in [0.05, 0.1) is 23.6 Å². The zero-order valence-corrected chi connectivity index (χ0v) is 13.5. The lowest BCUT2D eigenvalue weighted by Gasteiger charge is -2.37. The number of carbonyl (C=O) groups is 1. The fourth-order valence-corrected chi connectivity index (χ4v) is 5.18. The van der Waals surface area contributed by atoms with Crippen LogP contribution in [-0.2, 0) is 14.6 Å². The zero-order chi connectivity index (χ0) is 15.5. The molecule has 1 saturated heterocycles. The lowest BCUT2D eigenvalue weighted by Crippen LogP contribution is -2.52. The summed E-state index contributed by atoms with van der Waals surface area (Å²) in [6.45, 7) is 2.93. The van der Waals surface area contributed by atoms with Crippen LogP contribution in [-0.4, -0.2) is 67.1 Å². The van der Waals surface area contributed by atoms with E-state index in [2.05, 4.69) is 10.2 Å². The highest BCUT2D eigenvalue weighted by Crippen LogP contribution is 2.25. The molecule has 2 aliphatic rings. The quantitative estimate of drug-likeness (QED) is 0.685. The first-order chi connectivity index (χ1) is 9.84. The van der Waals surface area contributed by atoms with E-state index in [1.54, 1.807) is 6.92 Å². The molecule has 1 atom stereocenters. The van der Waals surface area contributed by atoms with E-state index in [1.807, 2.05) is 0 Å². The maximum atomic E-state index is 12.2. The van der Waals surface area contributed by atoms with Gasteiger partial charge in [0.15, 0.2) is 9.84 Å². The number of aliphatic hydroxyl groups excluding tert-OH is 1. The number of hydrogen-bond donors (Lipinski definition) is 2. The lowest BCUT2D eigenvalue weighted by atomic mass is 9.91. The van der Waals surface area contributed by atoms with Gasteiger partial charge in [0, 0.05) is 19.2 Å². The summed E-state index contributed by atoms with van der Waals surface area (Å²) in [5, 5.41) is 11.9. The largest absolute Gasteiger partial charge is 0.396 e. The fourth-order valence-electron chi connectivity index (χ4n) is 3.09. The van der Waals surface area contributed by atoms with Gasteiger partial charge >= 0.3 is 0 Å². The van der Waals surface area contributed by atoms with Gasteiger partial charge < -0.3 is 10.4 Å². The predicted molar refractivity (Wildman–Crippen MR) is 80.7 cm³/mol. The Morgan fingerprint density at radius 3 is 2.62 bits per heavy atom. The topological polar surface area (TPSA) is 86.7 Å². The van der Waals surface area contributed by atoms with Crippen LogP contribution in [0, 0.1) is 0 Å². The van der Waals surface area contributed by atoms with Crippen LogP contribution in [0.15, 0.2) is 0 Å². The summed E-state index contributed by atoms with van der Waals surface area (Å²) >= 11 is 0. The standard InChI is InChI=1S/C14H26N2O4S/c1-14(6-9-21(19,20)11-14)15-13(18)10-16(7-3-8-17)12-4-2-5-12/h12,17H,2-11H2,1H3,(H,15,18). The average Bonchev–Trinajstić information content (AvgIpc) is 2.57. The first-order valence-electron chi connectivity index (χ1n) is 7.70. The molecule has 0 aromatic heterocycles. The second kappa shape index (κ2) is 6.62. The van der Waals surface area contributed by atoms with Gasteiger partial charge in [-0.1, -0.05) is 6.42 Å². The van der Waals surface area contributed by atoms with E-state index < -0.39 is 15.4 Å². The molecule has 0 aromatic rings. The number of nitrogens with zero attached hydrogens (tertiary/aromatic N) is 1. The van der Waals surface area contributed by atoms with Gasteiger partial charge in [-0.3, -0.25) is 9.69 Å². The van der Waals surface area contributed by atoms with E-state index >= 15 is 0 Å². The van der Waals surface area contributed by atoms with Crippen molar-refractivity contribution in [1.29, 1.82) is 0 Å². The highest BCUT2D eigenvalue weighted by molar-refractivity contribution is 7.91. The summed E-state index contributed by atoms with van der Waals surface area (Å²) in [6, 6.07) is 0.433. The van der Waals surface area contributed by atoms with Crippen molar-refractivity contribution in [2.24, 2.45) is 0 Å². The number of hydrogen-bond acceptors (Lipinski definition) is 5. The fraction of sp³-hybridized carbons (Fsp3) is 0.929. The molecule has 21 heavy (non-hydrogen) atoms. The average molecular weight is 318 g/mol. The van der Waals surface area contributed by atoms with E-state index in [0.717, 1.165) is 12.8 Å². The van der Waals surface area contributed by atoms with Crippen LogP contribution in [0.4, 0.5) is 0 Å². The molecule has 1 saturated carbocycles. The van der Waals surface area contributed by atoms with Crippen molar-refractivity contribution in [3.05, 3.63) is 0 Å². The van der Waals surface area contributed by atoms with Crippen molar-refractivity contribution in [2.75, 3.05) is 31.2 Å². The van der Waals surface area contributed by atoms with Crippen molar-refractivity contribution >= 4 is 15.7 Å². The van der Waals surface area contributed by atoms with Gasteiger partial charge in [-0.15, -0.1) is 0 Å². The Bertz CT molecular complexity index is 475. The van der Waals surface area contributed by atoms with Crippen LogP contribution in [0.3, 0.4) is 0 Å². The minimum absolute atomic E-state index is 0.0335. The number of aliphatic hydroxyl groups is 1. The molecule has 7 heteroatoms. The zero-order valence-electron chi connectivity index (χ0n) is 12.7. The summed E-state index contributed by atoms with van der Waals surface area (Å²) in [7, 11) is -3.01. The van der Waals surface area contributed by atoms with Crippen LogP contribution >= 0.6 is 0 Å². The number of sulfone groups is 1. The summed E-state index contributed by atoms with van der Waals surface area (Å²) in [5.41, 5.74) is -0.627. The van der Waals surface area contributed by atoms with E-state index in [1.165, 1.54) is 6.42 Å². The van der Waals surface area contributed by atoms with Crippen LogP contribution in [0.2, 0.25) is 0 Å². The Balaban J connectivity index is 1.87. The molecule has 1 heterocycles. The van der Waals surface area contributed by atoms with Gasteiger partial charge in [-0.05, 0) is 32.6 Å². The lowest BCUT2D eigenvalue weighted by molar-refractivity contribution is -0.124. The van der Waals surface area contributed by atoms with Crippen molar-refractivity contribution in [1.82, 2.24) is 10.2 Å². The number of carbonyl (C=O) groups excluding carboxylic acids is 1. The minimum Gasteiger partial charge on any atom is -0.396 e. The normalized spacial score (nSPS) is 28.5. The van der Waals surface area contributed by atoms with Crippen molar-refractivity contribution in [2.45, 2.75) is 50.6 Å². The van der Waals surface area contributed by atoms with Crippen molar-refractivity contribution in [3.8, 4) is 0 Å². The van der Waals surface area contributed by atoms with E-state index in [0.29, 0.717) is 32.0 Å². The molecular formula is C14H26N2O4S. The molecule has 2 fully saturated rings. The molecule has 2 N–H and O–H groups in total. The molecule has 0 aromatic carbocycles. The number of nitrogens with one attached hydrogen (secondary N) is 1. The Hall–Kier alpha value is -0.660. The van der Waals surface area contributed by atoms with Gasteiger partial charge in [-0.25, -0.2) is 8.42 Å². The maximum Gasteiger partial charge on any atom is 0.234 e. The molecular weight excluding hydrogens is 292 g/mol. The van der Waals surface area contributed by atoms with Gasteiger partial charge in [0.1, 0.15) is 0 Å². The maximum absolute atomic E-state index is 12.2. The molecule has 6 nitrogen and oxygen atoms in total. The highest BCUT2D eigenvalue weighted by atomic mass is 32.2. The third-order valence-electron chi connectivity index (χ3n) is 4.49. The van der Waals surface area contributed by atoms with E-state index in [-0.39, 0.29) is 24.0 Å². The van der Waals surface area contributed by atoms with Gasteiger partial charge in [0.2, 0.25) is 5.91 Å². The Morgan fingerprint density at radius 2 is 2.14 bits per heavy atom. The smallest absolute Gasteiger partial charge is 0.234 e. The molecule has 122 valence electrons. The molecule has 2 rings (SSSR count). The predicted octanol–water partition coefficient (Wildman–Crippen LogP) is -0.0833. The van der Waals surface area contributed by atoms with E-state index in [4.69, 9.17) is 5.11 Å². The highest BCUT2D eigenvalue weighted by Gasteiger charge is 2.39. The van der Waals surface area contributed by atoms with Gasteiger partial charge in [0.25, 0.3) is 0 Å². The van der Waals surface area contributed by atoms with Gasteiger partial charge in [-0.2, -0.15) is 0 Å². The second-order valence-corrected chi connectivity index (χ2v) is 8.77. The summed E-state index contributed by atoms with van der Waals surface area (Å²) in [4.78, 5) is 14.3. The van der Waals surface area contributed by atoms with Crippen molar-refractivity contribution in [3.63, 3.8) is 0 Å². The molecule has 1 aliphatic heterocycles. The van der Waals surface area contributed by atoms with Crippen molar-refractivity contribution < 1.29 is 18.3 Å². The molecule has 0 bridgehead atoms. The first kappa shape index (κ1) is 16.7. The summed E-state index contributed by atoms with van der Waals surface area (Å²) in [5.74, 6) is 0.0753. The first-order valence-corrected chi connectivity index (χ1v) is 9.52. The number of amides is 1. The summed E-state index contributed by atoms with van der Waals surface area (Å²) in [6.07, 6.45) is 4.54. The minimum atomic E-state index is -3.01. The van der Waals surface area contributed by atoms with Crippen LogP contribution in [0.25, 0.3) is 0 Å². The summed E-state index contributed by atoms with van der Waals surface area (Å²) < 4.78 is 23.1. The van der Waals surface area contributed by atoms with E-state index in [9.17, 15) is 13.2 Å². The molecule has 1 aliphatic carbocycles. The Morgan fingerprint density at radius 1 is 1.43 bits per heavy atom. The SMILES string of the molecule is CC1(NC(=O)CN(CCCO)C2CCC2)CCS(=O)(=O)C1. The van der Waals surface area contributed by atoms with Crippen LogP contribution in [0.5, 0.6) is 0 Å². The molecule has 1 unspecified atom stereocenters. The van der Waals surface area contributed by atoms with Crippen LogP contribution in [0.1, 0.15) is 39.0 Å². The molecule has 0 radical (unpaired) electrons. The number of rotatable bonds is 7. The Kier molecular flexibility index (Phi) is 5.27. The van der Waals surface area contributed by atoms with Crippen LogP contribution < -0.4 is 5.32 Å². The molecule has 1 amide bonds. The third-order valence-corrected chi connectivity index (χ3v) is 6.39. The molecule has 0 spiro atoms. The second-order valence-electron chi connectivity index (χ2n) is 6.58. The Labute approximate surface area is 126 Å². The third kappa shape index (κ3) is 4.66. The monoisotopic (exact) mass is 318 g/mol.